The van der Waals surface area contributed by atoms with Crippen LogP contribution in [0.15, 0.2) is 42.6 Å². The summed E-state index contributed by atoms with van der Waals surface area (Å²) in [5.74, 6) is 1.36. The Morgan fingerprint density at radius 1 is 1.14 bits per heavy atom. The minimum absolute atomic E-state index is 0.0441. The van der Waals surface area contributed by atoms with Crippen LogP contribution < -0.4 is 14.8 Å². The highest BCUT2D eigenvalue weighted by molar-refractivity contribution is 7.15. The molecule has 2 atom stereocenters. The second-order valence-corrected chi connectivity index (χ2v) is 19.7. The third-order valence-corrected chi connectivity index (χ3v) is 15.4. The zero-order chi connectivity index (χ0) is 29.9. The number of carbonyl (C=O) groups is 1. The van der Waals surface area contributed by atoms with Crippen LogP contribution in [0.25, 0.3) is 0 Å². The highest BCUT2D eigenvalue weighted by Crippen LogP contribution is 2.51. The summed E-state index contributed by atoms with van der Waals surface area (Å²) >= 11 is 14.3. The van der Waals surface area contributed by atoms with Gasteiger partial charge in [0.1, 0.15) is 0 Å². The van der Waals surface area contributed by atoms with Gasteiger partial charge in [-0.05, 0) is 72.8 Å². The van der Waals surface area contributed by atoms with Crippen molar-refractivity contribution in [3.05, 3.63) is 68.6 Å². The van der Waals surface area contributed by atoms with Crippen molar-refractivity contribution in [1.82, 2.24) is 9.88 Å². The fourth-order valence-corrected chi connectivity index (χ4v) is 8.23. The zero-order valence-electron chi connectivity index (χ0n) is 24.6. The van der Waals surface area contributed by atoms with Crippen molar-refractivity contribution in [3.63, 3.8) is 0 Å². The molecule has 3 heterocycles. The van der Waals surface area contributed by atoms with Gasteiger partial charge in [-0.1, -0.05) is 67.4 Å². The van der Waals surface area contributed by atoms with E-state index in [2.05, 4.69) is 49.1 Å². The number of hydrogen-bond donors (Lipinski definition) is 1. The van der Waals surface area contributed by atoms with Crippen LogP contribution >= 0.6 is 34.5 Å². The van der Waals surface area contributed by atoms with Gasteiger partial charge < -0.3 is 19.2 Å². The quantitative estimate of drug-likeness (QED) is 0.250. The summed E-state index contributed by atoms with van der Waals surface area (Å²) in [4.78, 5) is 21.7. The van der Waals surface area contributed by atoms with Gasteiger partial charge in [-0.2, -0.15) is 0 Å². The molecule has 224 valence electrons. The Morgan fingerprint density at radius 2 is 1.90 bits per heavy atom. The number of fused-ring (bicyclic) bond motifs is 1. The first-order valence-corrected chi connectivity index (χ1v) is 18.9. The summed E-state index contributed by atoms with van der Waals surface area (Å²) in [5.41, 5.74) is 1.41. The van der Waals surface area contributed by atoms with Gasteiger partial charge >= 0.3 is 0 Å². The lowest BCUT2D eigenvalue weighted by Gasteiger charge is -2.38. The molecule has 1 aromatic heterocycles. The molecule has 3 aliphatic rings. The lowest BCUT2D eigenvalue weighted by Crippen LogP contribution is -2.44. The number of aromatic nitrogens is 1. The minimum Gasteiger partial charge on any atom is -0.454 e. The number of rotatable bonds is 8. The van der Waals surface area contributed by atoms with Crippen molar-refractivity contribution >= 4 is 53.9 Å². The van der Waals surface area contributed by atoms with Crippen LogP contribution in [0.5, 0.6) is 11.5 Å². The predicted molar refractivity (Wildman–Crippen MR) is 171 cm³/mol. The molecule has 1 saturated heterocycles. The summed E-state index contributed by atoms with van der Waals surface area (Å²) in [6.45, 7) is 13.3. The molecule has 42 heavy (non-hydrogen) atoms. The van der Waals surface area contributed by atoms with Gasteiger partial charge in [0.25, 0.3) is 0 Å². The Bertz CT molecular complexity index is 1500. The van der Waals surface area contributed by atoms with Gasteiger partial charge in [0.2, 0.25) is 12.7 Å². The van der Waals surface area contributed by atoms with Crippen molar-refractivity contribution < 1.29 is 18.7 Å². The van der Waals surface area contributed by atoms with Gasteiger partial charge in [-0.15, -0.1) is 0 Å². The van der Waals surface area contributed by atoms with Crippen molar-refractivity contribution in [3.8, 4) is 11.5 Å². The number of nitrogens with zero attached hydrogens (tertiary/aromatic N) is 2. The molecule has 0 spiro atoms. The van der Waals surface area contributed by atoms with E-state index >= 15 is 0 Å². The second kappa shape index (κ2) is 11.1. The molecule has 2 aromatic carbocycles. The number of hydrogen-bond acceptors (Lipinski definition) is 7. The zero-order valence-corrected chi connectivity index (χ0v) is 28.0. The Morgan fingerprint density at radius 3 is 2.62 bits per heavy atom. The van der Waals surface area contributed by atoms with Gasteiger partial charge in [0, 0.05) is 24.2 Å². The van der Waals surface area contributed by atoms with Crippen LogP contribution in [0.2, 0.25) is 28.2 Å². The summed E-state index contributed by atoms with van der Waals surface area (Å²) in [6.07, 6.45) is 4.57. The molecule has 11 heteroatoms. The average molecular weight is 647 g/mol. The highest BCUT2D eigenvalue weighted by atomic mass is 35.5. The Balaban J connectivity index is 1.22. The van der Waals surface area contributed by atoms with E-state index in [0.717, 1.165) is 48.4 Å². The lowest BCUT2D eigenvalue weighted by molar-refractivity contribution is -0.118. The van der Waals surface area contributed by atoms with Crippen LogP contribution in [0, 0.1) is 0 Å². The molecule has 6 rings (SSSR count). The molecule has 2 fully saturated rings. The summed E-state index contributed by atoms with van der Waals surface area (Å²) < 4.78 is 17.8. The number of likely N-dealkylation sites (tertiary alicyclic amines) is 1. The number of anilines is 1. The fraction of sp³-hybridized carbons (Fsp3) is 0.484. The van der Waals surface area contributed by atoms with Crippen molar-refractivity contribution in [2.24, 2.45) is 0 Å². The fourth-order valence-electron chi connectivity index (χ4n) is 5.57. The summed E-state index contributed by atoms with van der Waals surface area (Å²) in [7, 11) is -1.91. The number of thiazole rings is 1. The molecular weight excluding hydrogens is 609 g/mol. The van der Waals surface area contributed by atoms with Crippen LogP contribution in [0.1, 0.15) is 62.1 Å². The van der Waals surface area contributed by atoms with E-state index < -0.39 is 13.7 Å². The number of benzene rings is 2. The van der Waals surface area contributed by atoms with E-state index in [-0.39, 0.29) is 29.9 Å². The number of amides is 1. The Labute approximate surface area is 262 Å². The smallest absolute Gasteiger partial charge is 0.236 e. The molecule has 1 amide bonds. The number of halogens is 2. The van der Waals surface area contributed by atoms with E-state index in [0.29, 0.717) is 26.7 Å². The molecule has 1 N–H and O–H groups in total. The van der Waals surface area contributed by atoms with Gasteiger partial charge in [-0.3, -0.25) is 9.69 Å². The van der Waals surface area contributed by atoms with Crippen molar-refractivity contribution in [2.45, 2.75) is 75.7 Å². The number of ether oxygens (including phenoxy) is 2. The maximum atomic E-state index is 13.6. The largest absolute Gasteiger partial charge is 0.454 e. The van der Waals surface area contributed by atoms with Gasteiger partial charge in [-0.25, -0.2) is 4.98 Å². The molecule has 1 unspecified atom stereocenters. The third kappa shape index (κ3) is 5.72. The first-order valence-electron chi connectivity index (χ1n) is 14.4. The van der Waals surface area contributed by atoms with E-state index in [1.165, 1.54) is 11.3 Å². The Hall–Kier alpha value is -2.14. The van der Waals surface area contributed by atoms with Gasteiger partial charge in [0.05, 0.1) is 27.6 Å². The van der Waals surface area contributed by atoms with Crippen molar-refractivity contribution in [2.75, 3.05) is 25.2 Å². The second-order valence-electron chi connectivity index (χ2n) is 13.0. The molecular formula is C31H37Cl2N3O4SSi. The Kier molecular flexibility index (Phi) is 7.90. The van der Waals surface area contributed by atoms with E-state index in [4.69, 9.17) is 37.1 Å². The number of nitrogens with one attached hydrogen (secondary N) is 1. The predicted octanol–water partition coefficient (Wildman–Crippen LogP) is 8.03. The van der Waals surface area contributed by atoms with Crippen molar-refractivity contribution in [1.29, 1.82) is 0 Å². The average Bonchev–Trinajstić information content (AvgIpc) is 3.22. The monoisotopic (exact) mass is 645 g/mol. The first-order chi connectivity index (χ1) is 19.9. The first kappa shape index (κ1) is 29.9. The minimum atomic E-state index is -1.91. The van der Waals surface area contributed by atoms with Gasteiger partial charge in [0.15, 0.2) is 24.9 Å². The topological polar surface area (TPSA) is 72.9 Å². The van der Waals surface area contributed by atoms with Crippen LogP contribution in [-0.4, -0.2) is 50.1 Å². The molecule has 3 aromatic rings. The van der Waals surface area contributed by atoms with E-state index in [9.17, 15) is 4.79 Å². The summed E-state index contributed by atoms with van der Waals surface area (Å²) in [6, 6.07) is 11.5. The van der Waals surface area contributed by atoms with Crippen LogP contribution in [-0.2, 0) is 14.6 Å². The molecule has 0 bridgehead atoms. The molecule has 2 aliphatic heterocycles. The third-order valence-electron chi connectivity index (χ3n) is 9.19. The molecule has 1 saturated carbocycles. The maximum absolute atomic E-state index is 13.6. The normalized spacial score (nSPS) is 20.5. The molecule has 0 radical (unpaired) electrons. The standard InChI is InChI=1S/C31H37Cl2N3O4SSi/c1-30(2,3)42(4,5)40-21-10-13-36(17-21)27(19-6-8-22(32)23(33)14-19)26-16-34-29(41-26)35-28(37)31(11-12-31)20-7-9-24-25(15-20)39-18-38-24/h6-9,14-16,21,27H,10-13,17-18H2,1-5H3,(H,34,35,37)/t21?,27-/m0/s1. The molecule has 7 nitrogen and oxygen atoms in total. The van der Waals surface area contributed by atoms with E-state index in [1.54, 1.807) is 0 Å². The SMILES string of the molecule is CC(C)(C)[Si](C)(C)OC1CCN([C@@H](c2ccc(Cl)c(Cl)c2)c2cnc(NC(=O)C3(c4ccc5c(c4)OCO5)CC3)s2)C1. The molecule has 1 aliphatic carbocycles. The number of carbonyl (C=O) groups excluding carboxylic acids is 1. The summed E-state index contributed by atoms with van der Waals surface area (Å²) in [5, 5.41) is 4.89. The van der Waals surface area contributed by atoms with E-state index in [1.807, 2.05) is 42.6 Å². The van der Waals surface area contributed by atoms with Crippen LogP contribution in [0.4, 0.5) is 5.13 Å². The lowest BCUT2D eigenvalue weighted by atomic mass is 9.94. The van der Waals surface area contributed by atoms with Crippen LogP contribution in [0.3, 0.4) is 0 Å². The highest BCUT2D eigenvalue weighted by Gasteiger charge is 2.52. The maximum Gasteiger partial charge on any atom is 0.236 e.